The predicted octanol–water partition coefficient (Wildman–Crippen LogP) is 8.77. The Morgan fingerprint density at radius 3 is 1.89 bits per heavy atom. The van der Waals surface area contributed by atoms with E-state index in [1.54, 1.807) is 0 Å². The van der Waals surface area contributed by atoms with E-state index < -0.39 is 0 Å². The highest BCUT2D eigenvalue weighted by Crippen LogP contribution is 2.41. The van der Waals surface area contributed by atoms with E-state index in [1.165, 1.54) is 65.6 Å². The maximum Gasteiger partial charge on any atom is 0.220 e. The van der Waals surface area contributed by atoms with Crippen LogP contribution in [-0.4, -0.2) is 13.8 Å². The zero-order chi connectivity index (χ0) is 24.2. The molecule has 0 aliphatic heterocycles. The van der Waals surface area contributed by atoms with Crippen LogP contribution in [-0.2, 0) is 0 Å². The summed E-state index contributed by atoms with van der Waals surface area (Å²) in [7, 11) is 0. The molecular formula is C34H21N3. The molecule has 0 saturated carbocycles. The largest absolute Gasteiger partial charge is 0.277 e. The summed E-state index contributed by atoms with van der Waals surface area (Å²) in [6.45, 7) is 2.14. The summed E-state index contributed by atoms with van der Waals surface area (Å²) in [4.78, 5) is 5.23. The third kappa shape index (κ3) is 2.48. The van der Waals surface area contributed by atoms with Gasteiger partial charge < -0.3 is 0 Å². The quantitative estimate of drug-likeness (QED) is 0.234. The lowest BCUT2D eigenvalue weighted by molar-refractivity contribution is 1.22. The monoisotopic (exact) mass is 471 g/mol. The standard InChI is InChI=1S/C34H21N3/c1-20-10-12-21(13-11-20)26-15-28-27-14-22-6-2-4-8-24(22)17-30(27)37-33(28)32(19-26)36-31-18-25-9-5-3-7-23(25)16-29(31)35-34(36)37/h2-19H,1H3. The minimum atomic E-state index is 0.969. The molecule has 0 bridgehead atoms. The molecule has 3 nitrogen and oxygen atoms in total. The van der Waals surface area contributed by atoms with E-state index in [2.05, 4.69) is 125 Å². The summed E-state index contributed by atoms with van der Waals surface area (Å²) >= 11 is 0. The van der Waals surface area contributed by atoms with Crippen LogP contribution >= 0.6 is 0 Å². The predicted molar refractivity (Wildman–Crippen MR) is 155 cm³/mol. The van der Waals surface area contributed by atoms with Crippen LogP contribution < -0.4 is 0 Å². The molecule has 0 amide bonds. The van der Waals surface area contributed by atoms with Crippen LogP contribution in [0.5, 0.6) is 0 Å². The number of rotatable bonds is 1. The van der Waals surface area contributed by atoms with Gasteiger partial charge in [-0.15, -0.1) is 0 Å². The van der Waals surface area contributed by atoms with Crippen molar-refractivity contribution >= 4 is 65.7 Å². The molecule has 0 saturated heterocycles. The number of fused-ring (bicyclic) bond motifs is 10. The number of hydrogen-bond acceptors (Lipinski definition) is 1. The summed E-state index contributed by atoms with van der Waals surface area (Å²) in [5, 5.41) is 7.50. The van der Waals surface area contributed by atoms with Gasteiger partial charge in [-0.1, -0.05) is 78.4 Å². The van der Waals surface area contributed by atoms with Gasteiger partial charge in [-0.25, -0.2) is 4.98 Å². The van der Waals surface area contributed by atoms with E-state index in [0.717, 1.165) is 16.8 Å². The van der Waals surface area contributed by atoms with Gasteiger partial charge in [-0.05, 0) is 76.0 Å². The molecule has 0 fully saturated rings. The highest BCUT2D eigenvalue weighted by Gasteiger charge is 2.22. The topological polar surface area (TPSA) is 21.7 Å². The Hall–Kier alpha value is -4.89. The second-order valence-corrected chi connectivity index (χ2v) is 10.2. The van der Waals surface area contributed by atoms with Crippen molar-refractivity contribution in [2.75, 3.05) is 0 Å². The zero-order valence-electron chi connectivity index (χ0n) is 20.2. The second-order valence-electron chi connectivity index (χ2n) is 10.2. The minimum Gasteiger partial charge on any atom is -0.277 e. The van der Waals surface area contributed by atoms with Gasteiger partial charge in [0.1, 0.15) is 0 Å². The fourth-order valence-electron chi connectivity index (χ4n) is 6.24. The van der Waals surface area contributed by atoms with E-state index >= 15 is 0 Å². The molecule has 0 aliphatic rings. The Morgan fingerprint density at radius 2 is 1.16 bits per heavy atom. The van der Waals surface area contributed by atoms with Crippen molar-refractivity contribution in [3.05, 3.63) is 115 Å². The Kier molecular flexibility index (Phi) is 3.47. The molecule has 172 valence electrons. The van der Waals surface area contributed by atoms with Crippen molar-refractivity contribution < 1.29 is 0 Å². The van der Waals surface area contributed by atoms with Gasteiger partial charge in [-0.3, -0.25) is 8.80 Å². The third-order valence-electron chi connectivity index (χ3n) is 8.04. The number of aromatic nitrogens is 3. The van der Waals surface area contributed by atoms with E-state index in [0.29, 0.717) is 0 Å². The van der Waals surface area contributed by atoms with Gasteiger partial charge in [0.05, 0.1) is 27.6 Å². The van der Waals surface area contributed by atoms with E-state index in [9.17, 15) is 0 Å². The molecule has 3 heteroatoms. The molecule has 9 rings (SSSR count). The summed E-state index contributed by atoms with van der Waals surface area (Å²) in [5.74, 6) is 0.969. The highest BCUT2D eigenvalue weighted by atomic mass is 15.2. The molecule has 0 N–H and O–H groups in total. The van der Waals surface area contributed by atoms with Crippen LogP contribution in [0.1, 0.15) is 5.56 Å². The maximum absolute atomic E-state index is 5.23. The van der Waals surface area contributed by atoms with Gasteiger partial charge >= 0.3 is 0 Å². The van der Waals surface area contributed by atoms with Crippen molar-refractivity contribution in [2.24, 2.45) is 0 Å². The fourth-order valence-corrected chi connectivity index (χ4v) is 6.24. The van der Waals surface area contributed by atoms with Gasteiger partial charge in [0.25, 0.3) is 0 Å². The number of nitrogens with zero attached hydrogens (tertiary/aromatic N) is 3. The minimum absolute atomic E-state index is 0.969. The molecule has 0 atom stereocenters. The highest BCUT2D eigenvalue weighted by molar-refractivity contribution is 6.20. The lowest BCUT2D eigenvalue weighted by Gasteiger charge is -2.06. The van der Waals surface area contributed by atoms with Crippen molar-refractivity contribution in [3.63, 3.8) is 0 Å². The molecule has 3 heterocycles. The SMILES string of the molecule is Cc1ccc(-c2cc3c4cc5ccccc5cc4n4c3c(c2)n2c3cc5ccccc5cc3nc24)cc1. The van der Waals surface area contributed by atoms with Gasteiger partial charge in [-0.2, -0.15) is 0 Å². The molecule has 0 radical (unpaired) electrons. The Morgan fingerprint density at radius 1 is 0.514 bits per heavy atom. The Balaban J connectivity index is 1.54. The first-order valence-electron chi connectivity index (χ1n) is 12.7. The lowest BCUT2D eigenvalue weighted by atomic mass is 10.00. The molecule has 0 unspecified atom stereocenters. The molecule has 3 aromatic heterocycles. The van der Waals surface area contributed by atoms with E-state index in [-0.39, 0.29) is 0 Å². The first-order valence-corrected chi connectivity index (χ1v) is 12.7. The molecule has 6 aromatic carbocycles. The van der Waals surface area contributed by atoms with E-state index in [4.69, 9.17) is 4.98 Å². The molecule has 37 heavy (non-hydrogen) atoms. The van der Waals surface area contributed by atoms with Crippen LogP contribution in [0.4, 0.5) is 0 Å². The number of benzene rings is 6. The number of aryl methyl sites for hydroxylation is 1. The van der Waals surface area contributed by atoms with Crippen LogP contribution in [0.15, 0.2) is 109 Å². The summed E-state index contributed by atoms with van der Waals surface area (Å²) < 4.78 is 4.73. The zero-order valence-corrected chi connectivity index (χ0v) is 20.2. The average Bonchev–Trinajstić information content (AvgIpc) is 3.55. The van der Waals surface area contributed by atoms with Gasteiger partial charge in [0, 0.05) is 10.8 Å². The first kappa shape index (κ1) is 19.3. The van der Waals surface area contributed by atoms with Crippen molar-refractivity contribution in [3.8, 4) is 11.1 Å². The molecular weight excluding hydrogens is 450 g/mol. The second kappa shape index (κ2) is 6.65. The summed E-state index contributed by atoms with van der Waals surface area (Å²) in [6, 6.07) is 39.9. The van der Waals surface area contributed by atoms with Crippen LogP contribution in [0.25, 0.3) is 76.8 Å². The van der Waals surface area contributed by atoms with E-state index in [1.807, 2.05) is 0 Å². The van der Waals surface area contributed by atoms with Crippen molar-refractivity contribution in [1.82, 2.24) is 13.8 Å². The smallest absolute Gasteiger partial charge is 0.220 e. The normalized spacial score (nSPS) is 12.5. The average molecular weight is 472 g/mol. The molecule has 0 spiro atoms. The van der Waals surface area contributed by atoms with Gasteiger partial charge in [0.2, 0.25) is 5.78 Å². The maximum atomic E-state index is 5.23. The van der Waals surface area contributed by atoms with Crippen LogP contribution in [0.3, 0.4) is 0 Å². The summed E-state index contributed by atoms with van der Waals surface area (Å²) in [6.07, 6.45) is 0. The van der Waals surface area contributed by atoms with Crippen LogP contribution in [0, 0.1) is 6.92 Å². The van der Waals surface area contributed by atoms with Crippen LogP contribution in [0.2, 0.25) is 0 Å². The molecule has 0 aliphatic carbocycles. The van der Waals surface area contributed by atoms with Crippen molar-refractivity contribution in [1.29, 1.82) is 0 Å². The number of imidazole rings is 2. The third-order valence-corrected chi connectivity index (χ3v) is 8.04. The Bertz CT molecular complexity index is 2350. The summed E-state index contributed by atoms with van der Waals surface area (Å²) in [5.41, 5.74) is 9.53. The van der Waals surface area contributed by atoms with Gasteiger partial charge in [0.15, 0.2) is 0 Å². The fraction of sp³-hybridized carbons (Fsp3) is 0.0294. The van der Waals surface area contributed by atoms with Crippen molar-refractivity contribution in [2.45, 2.75) is 6.92 Å². The first-order chi connectivity index (χ1) is 18.2. The Labute approximate surface area is 212 Å². The molecule has 9 aromatic rings. The number of hydrogen-bond donors (Lipinski definition) is 0. The lowest BCUT2D eigenvalue weighted by Crippen LogP contribution is -1.85.